The van der Waals surface area contributed by atoms with Crippen LogP contribution in [0.3, 0.4) is 0 Å². The van der Waals surface area contributed by atoms with Crippen molar-refractivity contribution in [3.63, 3.8) is 0 Å². The Kier molecular flexibility index (Phi) is 4.23. The molecule has 0 spiro atoms. The molecule has 1 aliphatic heterocycles. The second-order valence-corrected chi connectivity index (χ2v) is 5.32. The molecule has 1 aromatic rings. The first-order valence-corrected chi connectivity index (χ1v) is 6.92. The minimum atomic E-state index is -0.261. The summed E-state index contributed by atoms with van der Waals surface area (Å²) in [4.78, 5) is 2.31. The van der Waals surface area contributed by atoms with Crippen LogP contribution in [0.15, 0.2) is 18.2 Å². The fourth-order valence-corrected chi connectivity index (χ4v) is 2.87. The molecule has 3 heteroatoms. The molecule has 1 fully saturated rings. The Morgan fingerprint density at radius 2 is 2.28 bits per heavy atom. The van der Waals surface area contributed by atoms with Gasteiger partial charge >= 0.3 is 0 Å². The van der Waals surface area contributed by atoms with Crippen LogP contribution < -0.4 is 10.6 Å². The molecule has 0 radical (unpaired) electrons. The second kappa shape index (κ2) is 5.70. The second-order valence-electron chi connectivity index (χ2n) is 5.32. The Labute approximate surface area is 109 Å². The molecule has 0 saturated carbocycles. The molecule has 1 aromatic carbocycles. The molecular formula is C15H23FN2. The van der Waals surface area contributed by atoms with Gasteiger partial charge in [0.1, 0.15) is 5.82 Å². The van der Waals surface area contributed by atoms with E-state index in [1.807, 2.05) is 13.0 Å². The SMILES string of the molecule is CCC1CCCN(c2cccc(F)c2[C@H](C)N)C1. The highest BCUT2D eigenvalue weighted by atomic mass is 19.1. The lowest BCUT2D eigenvalue weighted by molar-refractivity contribution is 0.403. The number of benzene rings is 1. The predicted octanol–water partition coefficient (Wildman–Crippen LogP) is 3.47. The number of piperidine rings is 1. The van der Waals surface area contributed by atoms with Crippen LogP contribution in [-0.2, 0) is 0 Å². The molecule has 100 valence electrons. The third-order valence-corrected chi connectivity index (χ3v) is 3.92. The summed E-state index contributed by atoms with van der Waals surface area (Å²) >= 11 is 0. The molecule has 1 heterocycles. The Bertz CT molecular complexity index is 403. The van der Waals surface area contributed by atoms with Crippen LogP contribution in [0, 0.1) is 11.7 Å². The van der Waals surface area contributed by atoms with E-state index in [2.05, 4.69) is 11.8 Å². The standard InChI is InChI=1S/C15H23FN2/c1-3-12-6-5-9-18(10-12)14-8-4-7-13(16)15(14)11(2)17/h4,7-8,11-12H,3,5-6,9-10,17H2,1-2H3/t11-,12?/m0/s1. The normalized spacial score (nSPS) is 22.0. The summed E-state index contributed by atoms with van der Waals surface area (Å²) in [5.74, 6) is 0.545. The van der Waals surface area contributed by atoms with Gasteiger partial charge in [-0.05, 0) is 37.8 Å². The molecule has 2 N–H and O–H groups in total. The summed E-state index contributed by atoms with van der Waals surface area (Å²) < 4.78 is 13.9. The van der Waals surface area contributed by atoms with E-state index in [0.717, 1.165) is 24.7 Å². The topological polar surface area (TPSA) is 29.3 Å². The molecule has 0 amide bonds. The summed E-state index contributed by atoms with van der Waals surface area (Å²) in [7, 11) is 0. The average molecular weight is 250 g/mol. The van der Waals surface area contributed by atoms with Crippen molar-refractivity contribution in [1.29, 1.82) is 0 Å². The Balaban J connectivity index is 2.29. The maximum absolute atomic E-state index is 13.9. The maximum atomic E-state index is 13.9. The first-order valence-electron chi connectivity index (χ1n) is 6.92. The fourth-order valence-electron chi connectivity index (χ4n) is 2.87. The molecule has 2 atom stereocenters. The van der Waals surface area contributed by atoms with Crippen molar-refractivity contribution < 1.29 is 4.39 Å². The monoisotopic (exact) mass is 250 g/mol. The predicted molar refractivity (Wildman–Crippen MR) is 74.2 cm³/mol. The third kappa shape index (κ3) is 2.66. The minimum absolute atomic E-state index is 0.180. The van der Waals surface area contributed by atoms with E-state index < -0.39 is 0 Å². The molecule has 18 heavy (non-hydrogen) atoms. The number of anilines is 1. The fraction of sp³-hybridized carbons (Fsp3) is 0.600. The van der Waals surface area contributed by atoms with Crippen molar-refractivity contribution in [2.24, 2.45) is 11.7 Å². The quantitative estimate of drug-likeness (QED) is 0.890. The largest absolute Gasteiger partial charge is 0.371 e. The van der Waals surface area contributed by atoms with Gasteiger partial charge < -0.3 is 10.6 Å². The van der Waals surface area contributed by atoms with Crippen molar-refractivity contribution in [2.45, 2.75) is 39.2 Å². The Hall–Kier alpha value is -1.09. The number of hydrogen-bond acceptors (Lipinski definition) is 2. The first-order chi connectivity index (χ1) is 8.63. The van der Waals surface area contributed by atoms with Gasteiger partial charge in [0.2, 0.25) is 0 Å². The molecule has 1 aliphatic rings. The van der Waals surface area contributed by atoms with Crippen molar-refractivity contribution in [3.8, 4) is 0 Å². The zero-order valence-corrected chi connectivity index (χ0v) is 11.3. The summed E-state index contributed by atoms with van der Waals surface area (Å²) in [6, 6.07) is 5.03. The summed E-state index contributed by atoms with van der Waals surface area (Å²) in [6.45, 7) is 6.12. The van der Waals surface area contributed by atoms with E-state index in [0.29, 0.717) is 5.56 Å². The molecule has 1 saturated heterocycles. The lowest BCUT2D eigenvalue weighted by Gasteiger charge is -2.35. The first kappa shape index (κ1) is 13.3. The summed E-state index contributed by atoms with van der Waals surface area (Å²) in [5.41, 5.74) is 7.57. The van der Waals surface area contributed by atoms with E-state index in [1.165, 1.54) is 25.3 Å². The highest BCUT2D eigenvalue weighted by Gasteiger charge is 2.22. The summed E-state index contributed by atoms with van der Waals surface area (Å²) in [6.07, 6.45) is 3.67. The van der Waals surface area contributed by atoms with Crippen molar-refractivity contribution >= 4 is 5.69 Å². The molecule has 1 unspecified atom stereocenters. The van der Waals surface area contributed by atoms with Gasteiger partial charge in [-0.25, -0.2) is 4.39 Å². The van der Waals surface area contributed by atoms with Gasteiger partial charge in [0.05, 0.1) is 0 Å². The van der Waals surface area contributed by atoms with Gasteiger partial charge in [0.15, 0.2) is 0 Å². The molecule has 2 rings (SSSR count). The van der Waals surface area contributed by atoms with E-state index in [-0.39, 0.29) is 11.9 Å². The highest BCUT2D eigenvalue weighted by molar-refractivity contribution is 5.55. The number of halogens is 1. The average Bonchev–Trinajstić information content (AvgIpc) is 2.38. The van der Waals surface area contributed by atoms with Gasteiger partial charge in [-0.1, -0.05) is 19.4 Å². The van der Waals surface area contributed by atoms with Gasteiger partial charge in [-0.2, -0.15) is 0 Å². The minimum Gasteiger partial charge on any atom is -0.371 e. The lowest BCUT2D eigenvalue weighted by Crippen LogP contribution is -2.36. The van der Waals surface area contributed by atoms with E-state index in [9.17, 15) is 4.39 Å². The molecule has 2 nitrogen and oxygen atoms in total. The van der Waals surface area contributed by atoms with E-state index >= 15 is 0 Å². The van der Waals surface area contributed by atoms with Crippen molar-refractivity contribution in [3.05, 3.63) is 29.6 Å². The lowest BCUT2D eigenvalue weighted by atomic mass is 9.94. The molecule has 0 bridgehead atoms. The van der Waals surface area contributed by atoms with E-state index in [4.69, 9.17) is 5.73 Å². The third-order valence-electron chi connectivity index (χ3n) is 3.92. The van der Waals surface area contributed by atoms with Crippen LogP contribution in [0.2, 0.25) is 0 Å². The van der Waals surface area contributed by atoms with Crippen LogP contribution in [0.25, 0.3) is 0 Å². The highest BCUT2D eigenvalue weighted by Crippen LogP contribution is 2.31. The Morgan fingerprint density at radius 1 is 1.50 bits per heavy atom. The number of rotatable bonds is 3. The number of nitrogens with zero attached hydrogens (tertiary/aromatic N) is 1. The number of hydrogen-bond donors (Lipinski definition) is 1. The van der Waals surface area contributed by atoms with Gasteiger partial charge in [0.25, 0.3) is 0 Å². The molecule has 0 aromatic heterocycles. The molecular weight excluding hydrogens is 227 g/mol. The van der Waals surface area contributed by atoms with Crippen LogP contribution >= 0.6 is 0 Å². The molecule has 0 aliphatic carbocycles. The zero-order chi connectivity index (χ0) is 13.1. The zero-order valence-electron chi connectivity index (χ0n) is 11.3. The van der Waals surface area contributed by atoms with Crippen LogP contribution in [0.1, 0.15) is 44.7 Å². The van der Waals surface area contributed by atoms with Crippen LogP contribution in [0.4, 0.5) is 10.1 Å². The van der Waals surface area contributed by atoms with Crippen LogP contribution in [-0.4, -0.2) is 13.1 Å². The van der Waals surface area contributed by atoms with Gasteiger partial charge in [-0.3, -0.25) is 0 Å². The van der Waals surface area contributed by atoms with Gasteiger partial charge in [-0.15, -0.1) is 0 Å². The van der Waals surface area contributed by atoms with Crippen molar-refractivity contribution in [2.75, 3.05) is 18.0 Å². The Morgan fingerprint density at radius 3 is 2.94 bits per heavy atom. The maximum Gasteiger partial charge on any atom is 0.130 e. The van der Waals surface area contributed by atoms with Crippen molar-refractivity contribution in [1.82, 2.24) is 0 Å². The number of nitrogens with two attached hydrogens (primary N) is 1. The van der Waals surface area contributed by atoms with Gasteiger partial charge in [0, 0.05) is 30.4 Å². The summed E-state index contributed by atoms with van der Waals surface area (Å²) in [5, 5.41) is 0. The van der Waals surface area contributed by atoms with Crippen LogP contribution in [0.5, 0.6) is 0 Å². The van der Waals surface area contributed by atoms with E-state index in [1.54, 1.807) is 6.07 Å². The smallest absolute Gasteiger partial charge is 0.130 e.